The van der Waals surface area contributed by atoms with E-state index in [2.05, 4.69) is 5.32 Å². The van der Waals surface area contributed by atoms with Gasteiger partial charge in [-0.3, -0.25) is 4.79 Å². The molecule has 0 spiro atoms. The molecule has 1 amide bonds. The minimum atomic E-state index is -0.475. The van der Waals surface area contributed by atoms with Crippen LogP contribution >= 0.6 is 0 Å². The van der Waals surface area contributed by atoms with Gasteiger partial charge in [0.15, 0.2) is 6.10 Å². The third kappa shape index (κ3) is 4.83. The minimum absolute atomic E-state index is 0.0680. The van der Waals surface area contributed by atoms with E-state index in [1.54, 1.807) is 6.92 Å². The average molecular weight is 279 g/mol. The molecular weight excluding hydrogens is 256 g/mol. The van der Waals surface area contributed by atoms with Gasteiger partial charge in [0.1, 0.15) is 18.8 Å². The molecule has 0 bridgehead atoms. The first-order valence-corrected chi connectivity index (χ1v) is 7.16. The van der Waals surface area contributed by atoms with Crippen LogP contribution in [-0.4, -0.2) is 51.4 Å². The summed E-state index contributed by atoms with van der Waals surface area (Å²) in [6, 6.07) is 9.40. The normalized spacial score (nSPS) is 17.4. The van der Waals surface area contributed by atoms with Crippen LogP contribution in [-0.2, 0) is 9.53 Å². The van der Waals surface area contributed by atoms with E-state index >= 15 is 0 Å². The molecule has 1 atom stereocenters. The topological polar surface area (TPSA) is 52.0 Å². The lowest BCUT2D eigenvalue weighted by molar-refractivity contribution is -0.906. The maximum Gasteiger partial charge on any atom is 0.260 e. The molecule has 1 saturated heterocycles. The Kier molecular flexibility index (Phi) is 5.83. The quantitative estimate of drug-likeness (QED) is 0.737. The molecule has 1 aromatic rings. The van der Waals surface area contributed by atoms with Gasteiger partial charge in [0.25, 0.3) is 5.91 Å². The largest absolute Gasteiger partial charge is 0.481 e. The van der Waals surface area contributed by atoms with Crippen LogP contribution in [0.2, 0.25) is 0 Å². The fraction of sp³-hybridized carbons (Fsp3) is 0.533. The number of benzene rings is 1. The van der Waals surface area contributed by atoms with Crippen LogP contribution in [0.25, 0.3) is 0 Å². The van der Waals surface area contributed by atoms with E-state index < -0.39 is 6.10 Å². The van der Waals surface area contributed by atoms with Crippen LogP contribution < -0.4 is 15.0 Å². The molecule has 5 heteroatoms. The van der Waals surface area contributed by atoms with Gasteiger partial charge >= 0.3 is 0 Å². The van der Waals surface area contributed by atoms with Gasteiger partial charge in [-0.1, -0.05) is 18.2 Å². The number of morpholine rings is 1. The average Bonchev–Trinajstić information content (AvgIpc) is 2.49. The van der Waals surface area contributed by atoms with Crippen molar-refractivity contribution in [3.63, 3.8) is 0 Å². The molecule has 5 nitrogen and oxygen atoms in total. The Morgan fingerprint density at radius 2 is 2.05 bits per heavy atom. The highest BCUT2D eigenvalue weighted by Gasteiger charge is 2.16. The molecule has 0 aliphatic carbocycles. The van der Waals surface area contributed by atoms with E-state index in [-0.39, 0.29) is 5.91 Å². The second-order valence-corrected chi connectivity index (χ2v) is 4.98. The zero-order valence-corrected chi connectivity index (χ0v) is 11.9. The summed E-state index contributed by atoms with van der Waals surface area (Å²) in [5.74, 6) is 0.649. The van der Waals surface area contributed by atoms with E-state index in [9.17, 15) is 4.79 Å². The van der Waals surface area contributed by atoms with Crippen LogP contribution in [0.3, 0.4) is 0 Å². The van der Waals surface area contributed by atoms with Crippen LogP contribution in [0.15, 0.2) is 30.3 Å². The van der Waals surface area contributed by atoms with Crippen molar-refractivity contribution in [3.05, 3.63) is 30.3 Å². The molecule has 1 aromatic carbocycles. The van der Waals surface area contributed by atoms with Crippen molar-refractivity contribution in [2.45, 2.75) is 13.0 Å². The van der Waals surface area contributed by atoms with Crippen molar-refractivity contribution < 1.29 is 19.2 Å². The lowest BCUT2D eigenvalue weighted by Crippen LogP contribution is -3.14. The minimum Gasteiger partial charge on any atom is -0.481 e. The third-order valence-corrected chi connectivity index (χ3v) is 3.40. The molecule has 2 rings (SSSR count). The number of para-hydroxylation sites is 1. The van der Waals surface area contributed by atoms with Crippen molar-refractivity contribution in [2.75, 3.05) is 39.4 Å². The Morgan fingerprint density at radius 3 is 2.75 bits per heavy atom. The van der Waals surface area contributed by atoms with E-state index in [4.69, 9.17) is 9.47 Å². The standard InChI is InChI=1S/C15H22N2O3/c1-13(20-14-5-3-2-4-6-14)15(18)16-7-8-17-9-11-19-12-10-17/h2-6,13H,7-12H2,1H3,(H,16,18)/p+1/t13-/m1/s1. The summed E-state index contributed by atoms with van der Waals surface area (Å²) in [7, 11) is 0. The maximum atomic E-state index is 11.9. The van der Waals surface area contributed by atoms with Gasteiger partial charge in [0.2, 0.25) is 0 Å². The molecule has 1 heterocycles. The number of carbonyl (C=O) groups excluding carboxylic acids is 1. The zero-order valence-electron chi connectivity index (χ0n) is 11.9. The Hall–Kier alpha value is -1.59. The Morgan fingerprint density at radius 1 is 1.35 bits per heavy atom. The number of hydrogen-bond acceptors (Lipinski definition) is 3. The van der Waals surface area contributed by atoms with Crippen molar-refractivity contribution in [3.8, 4) is 5.75 Å². The van der Waals surface area contributed by atoms with Crippen LogP contribution in [0.1, 0.15) is 6.92 Å². The van der Waals surface area contributed by atoms with Crippen LogP contribution in [0.5, 0.6) is 5.75 Å². The Labute approximate surface area is 119 Å². The molecule has 1 aliphatic heterocycles. The zero-order chi connectivity index (χ0) is 14.2. The number of hydrogen-bond donors (Lipinski definition) is 2. The molecule has 1 aliphatic rings. The van der Waals surface area contributed by atoms with E-state index in [1.807, 2.05) is 30.3 Å². The fourth-order valence-electron chi connectivity index (χ4n) is 2.17. The summed E-state index contributed by atoms with van der Waals surface area (Å²) in [4.78, 5) is 13.4. The first-order chi connectivity index (χ1) is 9.75. The summed E-state index contributed by atoms with van der Waals surface area (Å²) in [6.07, 6.45) is -0.475. The number of amides is 1. The smallest absolute Gasteiger partial charge is 0.260 e. The lowest BCUT2D eigenvalue weighted by Gasteiger charge is -2.24. The molecule has 2 N–H and O–H groups in total. The first-order valence-electron chi connectivity index (χ1n) is 7.16. The summed E-state index contributed by atoms with van der Waals surface area (Å²) < 4.78 is 10.9. The highest BCUT2D eigenvalue weighted by Crippen LogP contribution is 2.10. The highest BCUT2D eigenvalue weighted by atomic mass is 16.5. The van der Waals surface area contributed by atoms with Crippen molar-refractivity contribution in [1.29, 1.82) is 0 Å². The molecule has 110 valence electrons. The van der Waals surface area contributed by atoms with Gasteiger partial charge in [0, 0.05) is 0 Å². The van der Waals surface area contributed by atoms with E-state index in [0.717, 1.165) is 32.8 Å². The molecule has 1 fully saturated rings. The fourth-order valence-corrected chi connectivity index (χ4v) is 2.17. The van der Waals surface area contributed by atoms with Crippen molar-refractivity contribution >= 4 is 5.91 Å². The van der Waals surface area contributed by atoms with Gasteiger partial charge in [-0.15, -0.1) is 0 Å². The van der Waals surface area contributed by atoms with Crippen LogP contribution in [0.4, 0.5) is 0 Å². The number of carbonyl (C=O) groups is 1. The molecule has 0 saturated carbocycles. The first kappa shape index (κ1) is 14.8. The SMILES string of the molecule is C[C@@H](Oc1ccccc1)C(=O)NCC[NH+]1CCOCC1. The molecule has 0 aromatic heterocycles. The molecule has 0 radical (unpaired) electrons. The monoisotopic (exact) mass is 279 g/mol. The number of nitrogens with one attached hydrogen (secondary N) is 2. The van der Waals surface area contributed by atoms with Crippen molar-refractivity contribution in [1.82, 2.24) is 5.32 Å². The molecular formula is C15H23N2O3+. The third-order valence-electron chi connectivity index (χ3n) is 3.40. The molecule has 0 unspecified atom stereocenters. The van der Waals surface area contributed by atoms with Gasteiger partial charge in [-0.25, -0.2) is 0 Å². The summed E-state index contributed by atoms with van der Waals surface area (Å²) in [5.41, 5.74) is 0. The Bertz CT molecular complexity index is 405. The van der Waals surface area contributed by atoms with Gasteiger partial charge in [-0.05, 0) is 19.1 Å². The maximum absolute atomic E-state index is 11.9. The molecule has 20 heavy (non-hydrogen) atoms. The second kappa shape index (κ2) is 7.87. The lowest BCUT2D eigenvalue weighted by atomic mass is 10.3. The van der Waals surface area contributed by atoms with E-state index in [1.165, 1.54) is 4.90 Å². The Balaban J connectivity index is 1.66. The van der Waals surface area contributed by atoms with Crippen molar-refractivity contribution in [2.24, 2.45) is 0 Å². The van der Waals surface area contributed by atoms with Gasteiger partial charge in [0.05, 0.1) is 26.3 Å². The predicted molar refractivity (Wildman–Crippen MR) is 75.9 cm³/mol. The number of rotatable bonds is 6. The van der Waals surface area contributed by atoms with Gasteiger partial charge in [-0.2, -0.15) is 0 Å². The summed E-state index contributed by atoms with van der Waals surface area (Å²) >= 11 is 0. The van der Waals surface area contributed by atoms with E-state index in [0.29, 0.717) is 12.3 Å². The number of quaternary nitrogens is 1. The number of ether oxygens (including phenoxy) is 2. The van der Waals surface area contributed by atoms with Gasteiger partial charge < -0.3 is 19.7 Å². The van der Waals surface area contributed by atoms with Crippen LogP contribution in [0, 0.1) is 0 Å². The second-order valence-electron chi connectivity index (χ2n) is 4.98. The predicted octanol–water partition coefficient (Wildman–Crippen LogP) is -0.515. The summed E-state index contributed by atoms with van der Waals surface area (Å²) in [5, 5.41) is 2.92. The highest BCUT2D eigenvalue weighted by molar-refractivity contribution is 5.80. The summed E-state index contributed by atoms with van der Waals surface area (Å²) in [6.45, 7) is 7.05.